The Balaban J connectivity index is 2.12. The van der Waals surface area contributed by atoms with E-state index in [1.807, 2.05) is 26.0 Å². The normalized spacial score (nSPS) is 10.2. The van der Waals surface area contributed by atoms with Crippen molar-refractivity contribution in [3.63, 3.8) is 0 Å². The van der Waals surface area contributed by atoms with Crippen LogP contribution in [0.3, 0.4) is 0 Å². The van der Waals surface area contributed by atoms with Gasteiger partial charge in [-0.1, -0.05) is 6.07 Å². The van der Waals surface area contributed by atoms with Gasteiger partial charge in [-0.2, -0.15) is 5.26 Å². The lowest BCUT2D eigenvalue weighted by molar-refractivity contribution is 0.234. The van der Waals surface area contributed by atoms with Crippen LogP contribution in [0.15, 0.2) is 36.5 Å². The predicted octanol–water partition coefficient (Wildman–Crippen LogP) is 3.49. The van der Waals surface area contributed by atoms with Gasteiger partial charge in [0.25, 0.3) is 0 Å². The lowest BCUT2D eigenvalue weighted by atomic mass is 10.1. The third-order valence-corrected chi connectivity index (χ3v) is 2.77. The molecule has 21 heavy (non-hydrogen) atoms. The average Bonchev–Trinajstić information content (AvgIpc) is 2.46. The first-order chi connectivity index (χ1) is 10.1. The Morgan fingerprint density at radius 3 is 2.86 bits per heavy atom. The second kappa shape index (κ2) is 6.71. The van der Waals surface area contributed by atoms with Crippen molar-refractivity contribution in [2.45, 2.75) is 26.5 Å². The van der Waals surface area contributed by atoms with E-state index in [0.29, 0.717) is 22.7 Å². The smallest absolute Gasteiger partial charge is 0.237 e. The van der Waals surface area contributed by atoms with E-state index >= 15 is 0 Å². The van der Waals surface area contributed by atoms with Gasteiger partial charge in [-0.15, -0.1) is 0 Å². The van der Waals surface area contributed by atoms with E-state index in [4.69, 9.17) is 10.00 Å². The number of pyridine rings is 1. The molecule has 0 aliphatic rings. The molecule has 0 radical (unpaired) electrons. The van der Waals surface area contributed by atoms with Crippen molar-refractivity contribution in [2.24, 2.45) is 0 Å². The molecule has 1 N–H and O–H groups in total. The minimum Gasteiger partial charge on any atom is -0.473 e. The summed E-state index contributed by atoms with van der Waals surface area (Å²) >= 11 is 0. The third-order valence-electron chi connectivity index (χ3n) is 2.77. The van der Waals surface area contributed by atoms with Crippen molar-refractivity contribution in [1.82, 2.24) is 4.98 Å². The molecule has 108 valence electrons. The molecule has 5 heteroatoms. The molecular formula is C16H16FN3O. The third kappa shape index (κ3) is 3.93. The number of anilines is 1. The highest BCUT2D eigenvalue weighted by Gasteiger charge is 2.08. The number of rotatable bonds is 5. The van der Waals surface area contributed by atoms with Crippen LogP contribution in [0.1, 0.15) is 25.0 Å². The summed E-state index contributed by atoms with van der Waals surface area (Å²) in [5, 5.41) is 11.8. The number of aromatic nitrogens is 1. The largest absolute Gasteiger partial charge is 0.473 e. The quantitative estimate of drug-likeness (QED) is 0.913. The summed E-state index contributed by atoms with van der Waals surface area (Å²) in [6.07, 6.45) is 1.65. The fourth-order valence-electron chi connectivity index (χ4n) is 1.79. The summed E-state index contributed by atoms with van der Waals surface area (Å²) in [6, 6.07) is 9.93. The average molecular weight is 285 g/mol. The van der Waals surface area contributed by atoms with Crippen LogP contribution in [0.4, 0.5) is 10.1 Å². The number of hydrogen-bond donors (Lipinski definition) is 1. The van der Waals surface area contributed by atoms with E-state index in [1.54, 1.807) is 24.4 Å². The van der Waals surface area contributed by atoms with Crippen LogP contribution in [0.2, 0.25) is 0 Å². The van der Waals surface area contributed by atoms with Crippen LogP contribution in [-0.4, -0.2) is 11.1 Å². The van der Waals surface area contributed by atoms with Crippen LogP contribution in [-0.2, 0) is 6.54 Å². The first-order valence-electron chi connectivity index (χ1n) is 6.64. The second-order valence-electron chi connectivity index (χ2n) is 4.79. The molecule has 0 unspecified atom stereocenters. The van der Waals surface area contributed by atoms with Crippen molar-refractivity contribution in [3.8, 4) is 11.9 Å². The van der Waals surface area contributed by atoms with Crippen molar-refractivity contribution in [3.05, 3.63) is 53.5 Å². The Morgan fingerprint density at radius 2 is 2.19 bits per heavy atom. The summed E-state index contributed by atoms with van der Waals surface area (Å²) < 4.78 is 19.4. The molecule has 0 spiro atoms. The van der Waals surface area contributed by atoms with Gasteiger partial charge in [-0.25, -0.2) is 9.37 Å². The summed E-state index contributed by atoms with van der Waals surface area (Å²) in [7, 11) is 0. The van der Waals surface area contributed by atoms with Crippen LogP contribution in [0.5, 0.6) is 5.88 Å². The van der Waals surface area contributed by atoms with Crippen molar-refractivity contribution in [1.29, 1.82) is 5.26 Å². The lowest BCUT2D eigenvalue weighted by Crippen LogP contribution is -2.10. The van der Waals surface area contributed by atoms with Crippen molar-refractivity contribution >= 4 is 5.69 Å². The molecule has 2 aromatic rings. The summed E-state index contributed by atoms with van der Waals surface area (Å²) in [4.78, 5) is 4.16. The molecule has 0 bridgehead atoms. The van der Waals surface area contributed by atoms with E-state index in [9.17, 15) is 4.39 Å². The summed E-state index contributed by atoms with van der Waals surface area (Å²) in [6.45, 7) is 4.12. The Hall–Kier alpha value is -2.61. The van der Waals surface area contributed by atoms with Gasteiger partial charge in [0.15, 0.2) is 0 Å². The SMILES string of the molecule is CC(C)Oc1ncccc1NCc1ccc(C#N)cc1F. The van der Waals surface area contributed by atoms with Gasteiger partial charge in [0.05, 0.1) is 23.4 Å². The van der Waals surface area contributed by atoms with Crippen LogP contribution < -0.4 is 10.1 Å². The van der Waals surface area contributed by atoms with Gasteiger partial charge in [0.2, 0.25) is 5.88 Å². The molecule has 0 amide bonds. The molecular weight excluding hydrogens is 269 g/mol. The number of halogens is 1. The van der Waals surface area contributed by atoms with Gasteiger partial charge in [-0.3, -0.25) is 0 Å². The molecule has 0 fully saturated rings. The maximum Gasteiger partial charge on any atom is 0.237 e. The van der Waals surface area contributed by atoms with Crippen LogP contribution in [0.25, 0.3) is 0 Å². The molecule has 0 saturated carbocycles. The summed E-state index contributed by atoms with van der Waals surface area (Å²) in [5.41, 5.74) is 1.49. The Bertz CT molecular complexity index is 665. The Labute approximate surface area is 123 Å². The fourth-order valence-corrected chi connectivity index (χ4v) is 1.79. The summed E-state index contributed by atoms with van der Waals surface area (Å²) in [5.74, 6) is 0.0818. The molecule has 0 atom stereocenters. The zero-order chi connectivity index (χ0) is 15.2. The number of nitrogens with one attached hydrogen (secondary N) is 1. The maximum absolute atomic E-state index is 13.8. The number of nitriles is 1. The Kier molecular flexibility index (Phi) is 4.72. The predicted molar refractivity (Wildman–Crippen MR) is 78.4 cm³/mol. The highest BCUT2D eigenvalue weighted by molar-refractivity contribution is 5.52. The van der Waals surface area contributed by atoms with Crippen LogP contribution in [0, 0.1) is 17.1 Å². The van der Waals surface area contributed by atoms with E-state index in [0.717, 1.165) is 0 Å². The molecule has 4 nitrogen and oxygen atoms in total. The topological polar surface area (TPSA) is 57.9 Å². The lowest BCUT2D eigenvalue weighted by Gasteiger charge is -2.14. The molecule has 1 aromatic carbocycles. The molecule has 0 saturated heterocycles. The van der Waals surface area contributed by atoms with E-state index in [-0.39, 0.29) is 12.6 Å². The molecule has 2 rings (SSSR count). The monoisotopic (exact) mass is 285 g/mol. The fraction of sp³-hybridized carbons (Fsp3) is 0.250. The van der Waals surface area contributed by atoms with E-state index < -0.39 is 5.82 Å². The van der Waals surface area contributed by atoms with Crippen molar-refractivity contribution < 1.29 is 9.13 Å². The standard InChI is InChI=1S/C16H16FN3O/c1-11(2)21-16-15(4-3-7-19-16)20-10-13-6-5-12(9-18)8-14(13)17/h3-8,11,20H,10H2,1-2H3. The minimum absolute atomic E-state index is 0.00657. The van der Waals surface area contributed by atoms with Gasteiger partial charge >= 0.3 is 0 Å². The zero-order valence-electron chi connectivity index (χ0n) is 11.9. The second-order valence-corrected chi connectivity index (χ2v) is 4.79. The first-order valence-corrected chi connectivity index (χ1v) is 6.64. The van der Waals surface area contributed by atoms with Gasteiger partial charge in [0.1, 0.15) is 5.82 Å². The van der Waals surface area contributed by atoms with Crippen LogP contribution >= 0.6 is 0 Å². The highest BCUT2D eigenvalue weighted by atomic mass is 19.1. The van der Waals surface area contributed by atoms with Gasteiger partial charge in [0, 0.05) is 18.3 Å². The number of hydrogen-bond acceptors (Lipinski definition) is 4. The molecule has 1 aromatic heterocycles. The molecule has 0 aliphatic heterocycles. The minimum atomic E-state index is -0.406. The maximum atomic E-state index is 13.8. The van der Waals surface area contributed by atoms with E-state index in [2.05, 4.69) is 10.3 Å². The molecule has 0 aliphatic carbocycles. The first kappa shape index (κ1) is 14.8. The van der Waals surface area contributed by atoms with Crippen molar-refractivity contribution in [2.75, 3.05) is 5.32 Å². The van der Waals surface area contributed by atoms with Gasteiger partial charge < -0.3 is 10.1 Å². The molecule has 1 heterocycles. The zero-order valence-corrected chi connectivity index (χ0v) is 11.9. The number of ether oxygens (including phenoxy) is 1. The Morgan fingerprint density at radius 1 is 1.38 bits per heavy atom. The van der Waals surface area contributed by atoms with E-state index in [1.165, 1.54) is 6.07 Å². The highest BCUT2D eigenvalue weighted by Crippen LogP contribution is 2.23. The van der Waals surface area contributed by atoms with Gasteiger partial charge in [-0.05, 0) is 38.1 Å². The number of benzene rings is 1. The number of nitrogens with zero attached hydrogens (tertiary/aromatic N) is 2.